The van der Waals surface area contributed by atoms with Gasteiger partial charge in [-0.15, -0.1) is 11.3 Å². The number of benzene rings is 1. The van der Waals surface area contributed by atoms with Crippen molar-refractivity contribution < 1.29 is 14.3 Å². The molecule has 1 aromatic carbocycles. The zero-order valence-corrected chi connectivity index (χ0v) is 17.4. The third-order valence-electron chi connectivity index (χ3n) is 4.24. The van der Waals surface area contributed by atoms with Crippen molar-refractivity contribution >= 4 is 44.8 Å². The molecule has 0 aliphatic carbocycles. The van der Waals surface area contributed by atoms with E-state index in [4.69, 9.17) is 4.74 Å². The lowest BCUT2D eigenvalue weighted by atomic mass is 10.1. The highest BCUT2D eigenvalue weighted by atomic mass is 79.9. The first-order valence-electron chi connectivity index (χ1n) is 8.77. The summed E-state index contributed by atoms with van der Waals surface area (Å²) in [6.07, 6.45) is 0. The zero-order chi connectivity index (χ0) is 19.2. The van der Waals surface area contributed by atoms with Crippen molar-refractivity contribution in [2.24, 2.45) is 0 Å². The van der Waals surface area contributed by atoms with Gasteiger partial charge in [-0.2, -0.15) is 0 Å². The van der Waals surface area contributed by atoms with Gasteiger partial charge < -0.3 is 15.4 Å². The summed E-state index contributed by atoms with van der Waals surface area (Å²) in [5.74, 6) is -0.503. The van der Waals surface area contributed by atoms with Gasteiger partial charge in [0.1, 0.15) is 6.04 Å². The summed E-state index contributed by atoms with van der Waals surface area (Å²) in [6, 6.07) is 10.7. The lowest BCUT2D eigenvalue weighted by Crippen LogP contribution is -2.41. The molecule has 0 spiro atoms. The Hall–Kier alpha value is -1.74. The number of thiophene rings is 1. The van der Waals surface area contributed by atoms with Crippen LogP contribution >= 0.6 is 27.3 Å². The molecule has 27 heavy (non-hydrogen) atoms. The average Bonchev–Trinajstić information content (AvgIpc) is 3.09. The fourth-order valence-corrected chi connectivity index (χ4v) is 4.07. The molecule has 2 heterocycles. The Morgan fingerprint density at radius 1 is 1.26 bits per heavy atom. The molecular formula is C19H22BrN3O3S. The number of carbonyl (C=O) groups excluding carboxylic acids is 2. The van der Waals surface area contributed by atoms with E-state index in [0.29, 0.717) is 4.88 Å². The maximum atomic E-state index is 12.4. The van der Waals surface area contributed by atoms with Crippen LogP contribution in [0, 0.1) is 0 Å². The number of morpholine rings is 1. The topological polar surface area (TPSA) is 70.7 Å². The van der Waals surface area contributed by atoms with E-state index in [1.165, 1.54) is 11.3 Å². The number of ether oxygens (including phenoxy) is 1. The van der Waals surface area contributed by atoms with E-state index in [9.17, 15) is 9.59 Å². The third-order valence-corrected chi connectivity index (χ3v) is 5.86. The van der Waals surface area contributed by atoms with Crippen molar-refractivity contribution in [2.45, 2.75) is 19.5 Å². The molecule has 144 valence electrons. The summed E-state index contributed by atoms with van der Waals surface area (Å²) < 4.78 is 6.25. The minimum atomic E-state index is -0.638. The fourth-order valence-electron chi connectivity index (χ4n) is 2.79. The number of nitrogens with zero attached hydrogens (tertiary/aromatic N) is 1. The fraction of sp³-hybridized carbons (Fsp3) is 0.368. The van der Waals surface area contributed by atoms with Crippen molar-refractivity contribution in [1.29, 1.82) is 0 Å². The summed E-state index contributed by atoms with van der Waals surface area (Å²) in [7, 11) is 0. The molecule has 0 saturated carbocycles. The van der Waals surface area contributed by atoms with Gasteiger partial charge in [-0.25, -0.2) is 0 Å². The van der Waals surface area contributed by atoms with Gasteiger partial charge in [0, 0.05) is 25.3 Å². The Bertz CT molecular complexity index is 805. The largest absolute Gasteiger partial charge is 0.379 e. The number of hydrogen-bond donors (Lipinski definition) is 2. The summed E-state index contributed by atoms with van der Waals surface area (Å²) in [5, 5.41) is 5.60. The van der Waals surface area contributed by atoms with E-state index >= 15 is 0 Å². The van der Waals surface area contributed by atoms with Crippen molar-refractivity contribution in [3.8, 4) is 0 Å². The number of halogens is 1. The highest BCUT2D eigenvalue weighted by Crippen LogP contribution is 2.22. The predicted octanol–water partition coefficient (Wildman–Crippen LogP) is 3.10. The predicted molar refractivity (Wildman–Crippen MR) is 110 cm³/mol. The van der Waals surface area contributed by atoms with Crippen LogP contribution in [0.25, 0.3) is 0 Å². The van der Waals surface area contributed by atoms with Crippen LogP contribution in [-0.4, -0.2) is 49.1 Å². The minimum Gasteiger partial charge on any atom is -0.379 e. The number of hydrogen-bond acceptors (Lipinski definition) is 5. The number of anilines is 1. The lowest BCUT2D eigenvalue weighted by Gasteiger charge is -2.26. The quantitative estimate of drug-likeness (QED) is 0.707. The first kappa shape index (κ1) is 20.0. The Morgan fingerprint density at radius 3 is 2.74 bits per heavy atom. The second-order valence-electron chi connectivity index (χ2n) is 6.38. The summed E-state index contributed by atoms with van der Waals surface area (Å²) in [6.45, 7) is 5.85. The molecule has 1 atom stereocenters. The van der Waals surface area contributed by atoms with Crippen LogP contribution in [0.4, 0.5) is 5.69 Å². The molecule has 1 saturated heterocycles. The van der Waals surface area contributed by atoms with Gasteiger partial charge in [-0.3, -0.25) is 14.5 Å². The van der Waals surface area contributed by atoms with E-state index in [1.807, 2.05) is 30.3 Å². The average molecular weight is 452 g/mol. The standard InChI is InChI=1S/C19H22BrN3O3S/c1-13(21-19(25)16-5-6-17(20)27-16)18(24)22-15-4-2-3-14(11-15)12-23-7-9-26-10-8-23/h2-6,11,13H,7-10,12H2,1H3,(H,21,25)(H,22,24). The summed E-state index contributed by atoms with van der Waals surface area (Å²) in [5.41, 5.74) is 1.86. The van der Waals surface area contributed by atoms with Gasteiger partial charge in [0.05, 0.1) is 21.9 Å². The monoisotopic (exact) mass is 451 g/mol. The third kappa shape index (κ3) is 5.87. The molecule has 8 heteroatoms. The maximum Gasteiger partial charge on any atom is 0.262 e. The molecule has 1 unspecified atom stereocenters. The van der Waals surface area contributed by atoms with Crippen LogP contribution in [0.1, 0.15) is 22.2 Å². The Labute approximate surface area is 171 Å². The van der Waals surface area contributed by atoms with E-state index < -0.39 is 6.04 Å². The first-order valence-corrected chi connectivity index (χ1v) is 10.4. The molecule has 6 nitrogen and oxygen atoms in total. The number of amides is 2. The minimum absolute atomic E-state index is 0.248. The summed E-state index contributed by atoms with van der Waals surface area (Å²) in [4.78, 5) is 27.5. The van der Waals surface area contributed by atoms with Crippen LogP contribution in [0.15, 0.2) is 40.2 Å². The van der Waals surface area contributed by atoms with Gasteiger partial charge in [0.2, 0.25) is 5.91 Å². The molecular weight excluding hydrogens is 430 g/mol. The Morgan fingerprint density at radius 2 is 2.04 bits per heavy atom. The molecule has 2 amide bonds. The highest BCUT2D eigenvalue weighted by Gasteiger charge is 2.18. The van der Waals surface area contributed by atoms with Crippen molar-refractivity contribution in [2.75, 3.05) is 31.6 Å². The molecule has 2 N–H and O–H groups in total. The normalized spacial score (nSPS) is 15.9. The lowest BCUT2D eigenvalue weighted by molar-refractivity contribution is -0.117. The second kappa shape index (κ2) is 9.45. The van der Waals surface area contributed by atoms with Crippen LogP contribution in [-0.2, 0) is 16.1 Å². The SMILES string of the molecule is CC(NC(=O)c1ccc(Br)s1)C(=O)Nc1cccc(CN2CCOCC2)c1. The van der Waals surface area contributed by atoms with E-state index in [2.05, 4.69) is 31.5 Å². The van der Waals surface area contributed by atoms with Crippen molar-refractivity contribution in [1.82, 2.24) is 10.2 Å². The molecule has 0 radical (unpaired) electrons. The number of nitrogens with one attached hydrogen (secondary N) is 2. The Balaban J connectivity index is 1.55. The second-order valence-corrected chi connectivity index (χ2v) is 8.84. The van der Waals surface area contributed by atoms with E-state index in [-0.39, 0.29) is 11.8 Å². The molecule has 2 aromatic rings. The van der Waals surface area contributed by atoms with E-state index in [1.54, 1.807) is 13.0 Å². The highest BCUT2D eigenvalue weighted by molar-refractivity contribution is 9.11. The molecule has 0 bridgehead atoms. The molecule has 1 aliphatic heterocycles. The van der Waals surface area contributed by atoms with Gasteiger partial charge >= 0.3 is 0 Å². The molecule has 1 aliphatic rings. The zero-order valence-electron chi connectivity index (χ0n) is 15.0. The van der Waals surface area contributed by atoms with E-state index in [0.717, 1.165) is 47.9 Å². The number of carbonyl (C=O) groups is 2. The molecule has 3 rings (SSSR count). The van der Waals surface area contributed by atoms with Gasteiger partial charge in [-0.05, 0) is 52.7 Å². The van der Waals surface area contributed by atoms with Crippen LogP contribution < -0.4 is 10.6 Å². The van der Waals surface area contributed by atoms with Crippen molar-refractivity contribution in [3.63, 3.8) is 0 Å². The number of rotatable bonds is 6. The maximum absolute atomic E-state index is 12.4. The first-order chi connectivity index (χ1) is 13.0. The van der Waals surface area contributed by atoms with Crippen molar-refractivity contribution in [3.05, 3.63) is 50.6 Å². The van der Waals surface area contributed by atoms with Crippen LogP contribution in [0.5, 0.6) is 0 Å². The van der Waals surface area contributed by atoms with Crippen LogP contribution in [0.2, 0.25) is 0 Å². The van der Waals surface area contributed by atoms with Gasteiger partial charge in [-0.1, -0.05) is 12.1 Å². The molecule has 1 aromatic heterocycles. The van der Waals surface area contributed by atoms with Gasteiger partial charge in [0.25, 0.3) is 5.91 Å². The van der Waals surface area contributed by atoms with Gasteiger partial charge in [0.15, 0.2) is 0 Å². The molecule has 1 fully saturated rings. The summed E-state index contributed by atoms with van der Waals surface area (Å²) >= 11 is 4.66. The smallest absolute Gasteiger partial charge is 0.262 e. The van der Waals surface area contributed by atoms with Crippen LogP contribution in [0.3, 0.4) is 0 Å². The Kier molecular flexibility index (Phi) is 7.01.